The number of amides is 1. The summed E-state index contributed by atoms with van der Waals surface area (Å²) in [5, 5.41) is 3.45. The van der Waals surface area contributed by atoms with E-state index in [4.69, 9.17) is 11.6 Å². The van der Waals surface area contributed by atoms with Gasteiger partial charge in [0.05, 0.1) is 11.7 Å². The molecule has 1 heterocycles. The van der Waals surface area contributed by atoms with Gasteiger partial charge < -0.3 is 5.32 Å². The van der Waals surface area contributed by atoms with Crippen molar-refractivity contribution in [3.8, 4) is 0 Å². The molecule has 150 valence electrons. The summed E-state index contributed by atoms with van der Waals surface area (Å²) in [7, 11) is -3.48. The Kier molecular flexibility index (Phi) is 6.43. The lowest BCUT2D eigenvalue weighted by molar-refractivity contribution is -0.120. The second kappa shape index (κ2) is 8.64. The van der Waals surface area contributed by atoms with Crippen LogP contribution in [0.2, 0.25) is 5.02 Å². The third-order valence-corrected chi connectivity index (χ3v) is 7.23. The van der Waals surface area contributed by atoms with Gasteiger partial charge in [-0.25, -0.2) is 12.7 Å². The van der Waals surface area contributed by atoms with Crippen LogP contribution in [0.1, 0.15) is 29.5 Å². The van der Waals surface area contributed by atoms with Gasteiger partial charge in [-0.3, -0.25) is 4.79 Å². The number of halogens is 1. The van der Waals surface area contributed by atoms with Crippen LogP contribution >= 0.6 is 11.6 Å². The summed E-state index contributed by atoms with van der Waals surface area (Å²) in [6.45, 7) is 4.46. The number of benzene rings is 2. The van der Waals surface area contributed by atoms with Gasteiger partial charge in [0, 0.05) is 23.8 Å². The topological polar surface area (TPSA) is 66.5 Å². The van der Waals surface area contributed by atoms with E-state index in [1.165, 1.54) is 4.31 Å². The van der Waals surface area contributed by atoms with Crippen molar-refractivity contribution in [2.45, 2.75) is 32.4 Å². The van der Waals surface area contributed by atoms with E-state index in [9.17, 15) is 13.2 Å². The largest absolute Gasteiger partial charge is 0.326 e. The first-order valence-electron chi connectivity index (χ1n) is 9.35. The SMILES string of the molecule is Cc1ccccc1CS(=O)(=O)N1CCCC(C(=O)Nc2cc(Cl)ccc2C)C1. The van der Waals surface area contributed by atoms with Gasteiger partial charge in [0.25, 0.3) is 0 Å². The molecule has 7 heteroatoms. The molecule has 1 atom stereocenters. The number of aryl methyl sites for hydroxylation is 2. The molecule has 0 aliphatic carbocycles. The Morgan fingerprint density at radius 2 is 1.93 bits per heavy atom. The first kappa shape index (κ1) is 20.8. The van der Waals surface area contributed by atoms with Crippen molar-refractivity contribution >= 4 is 33.2 Å². The number of piperidine rings is 1. The number of hydrogen-bond acceptors (Lipinski definition) is 3. The minimum absolute atomic E-state index is 0.0403. The van der Waals surface area contributed by atoms with E-state index < -0.39 is 10.0 Å². The normalized spacial score (nSPS) is 18.0. The van der Waals surface area contributed by atoms with E-state index in [1.807, 2.05) is 44.2 Å². The molecule has 5 nitrogen and oxygen atoms in total. The van der Waals surface area contributed by atoms with E-state index in [1.54, 1.807) is 12.1 Å². The van der Waals surface area contributed by atoms with Gasteiger partial charge in [0.1, 0.15) is 0 Å². The van der Waals surface area contributed by atoms with Crippen LogP contribution in [0.3, 0.4) is 0 Å². The minimum atomic E-state index is -3.48. The molecule has 0 aromatic heterocycles. The van der Waals surface area contributed by atoms with Gasteiger partial charge in [0.2, 0.25) is 15.9 Å². The lowest BCUT2D eigenvalue weighted by atomic mass is 9.98. The third kappa shape index (κ3) is 4.93. The molecule has 1 unspecified atom stereocenters. The average Bonchev–Trinajstić information content (AvgIpc) is 2.66. The average molecular weight is 421 g/mol. The summed E-state index contributed by atoms with van der Waals surface area (Å²) in [6.07, 6.45) is 1.33. The number of anilines is 1. The van der Waals surface area contributed by atoms with Crippen molar-refractivity contribution in [1.82, 2.24) is 4.31 Å². The zero-order valence-corrected chi connectivity index (χ0v) is 17.7. The van der Waals surface area contributed by atoms with Crippen LogP contribution in [0.15, 0.2) is 42.5 Å². The highest BCUT2D eigenvalue weighted by Gasteiger charge is 2.32. The van der Waals surface area contributed by atoms with E-state index in [0.29, 0.717) is 30.1 Å². The number of rotatable bonds is 5. The second-order valence-corrected chi connectivity index (χ2v) is 9.73. The number of hydrogen-bond donors (Lipinski definition) is 1. The fourth-order valence-electron chi connectivity index (χ4n) is 3.43. The van der Waals surface area contributed by atoms with Crippen molar-refractivity contribution in [2.75, 3.05) is 18.4 Å². The molecule has 1 amide bonds. The first-order valence-corrected chi connectivity index (χ1v) is 11.3. The fourth-order valence-corrected chi connectivity index (χ4v) is 5.32. The fraction of sp³-hybridized carbons (Fsp3) is 0.381. The number of carbonyl (C=O) groups excluding carboxylic acids is 1. The molecule has 2 aromatic rings. The van der Waals surface area contributed by atoms with Crippen LogP contribution in [0.5, 0.6) is 0 Å². The Labute approximate surface area is 171 Å². The molecule has 28 heavy (non-hydrogen) atoms. The molecular formula is C21H25ClN2O3S. The highest BCUT2D eigenvalue weighted by molar-refractivity contribution is 7.88. The summed E-state index contributed by atoms with van der Waals surface area (Å²) in [4.78, 5) is 12.7. The monoisotopic (exact) mass is 420 g/mol. The highest BCUT2D eigenvalue weighted by atomic mass is 35.5. The van der Waals surface area contributed by atoms with Crippen LogP contribution in [0.25, 0.3) is 0 Å². The van der Waals surface area contributed by atoms with Gasteiger partial charge in [-0.15, -0.1) is 0 Å². The number of nitrogens with zero attached hydrogens (tertiary/aromatic N) is 1. The molecule has 1 fully saturated rings. The van der Waals surface area contributed by atoms with E-state index >= 15 is 0 Å². The van der Waals surface area contributed by atoms with Crippen molar-refractivity contribution in [2.24, 2.45) is 5.92 Å². The third-order valence-electron chi connectivity index (χ3n) is 5.20. The van der Waals surface area contributed by atoms with Gasteiger partial charge in [-0.2, -0.15) is 0 Å². The molecular weight excluding hydrogens is 396 g/mol. The minimum Gasteiger partial charge on any atom is -0.326 e. The van der Waals surface area contributed by atoms with Crippen molar-refractivity contribution in [1.29, 1.82) is 0 Å². The lowest BCUT2D eigenvalue weighted by Crippen LogP contribution is -2.44. The van der Waals surface area contributed by atoms with Crippen LogP contribution in [0, 0.1) is 19.8 Å². The lowest BCUT2D eigenvalue weighted by Gasteiger charge is -2.31. The van der Waals surface area contributed by atoms with Gasteiger partial charge >= 0.3 is 0 Å². The van der Waals surface area contributed by atoms with E-state index in [2.05, 4.69) is 5.32 Å². The Balaban J connectivity index is 1.70. The van der Waals surface area contributed by atoms with E-state index in [-0.39, 0.29) is 24.1 Å². The standard InChI is InChI=1S/C21H25ClN2O3S/c1-15-6-3-4-7-18(15)14-28(26,27)24-11-5-8-17(13-24)21(25)23-20-12-19(22)10-9-16(20)2/h3-4,6-7,9-10,12,17H,5,8,11,13-14H2,1-2H3,(H,23,25). The molecule has 2 aromatic carbocycles. The summed E-state index contributed by atoms with van der Waals surface area (Å²) >= 11 is 6.02. The molecule has 3 rings (SSSR count). The zero-order chi connectivity index (χ0) is 20.3. The van der Waals surface area contributed by atoms with Crippen molar-refractivity contribution < 1.29 is 13.2 Å². The molecule has 0 radical (unpaired) electrons. The predicted molar refractivity (Wildman–Crippen MR) is 113 cm³/mol. The highest BCUT2D eigenvalue weighted by Crippen LogP contribution is 2.25. The maximum absolute atomic E-state index is 12.9. The maximum Gasteiger partial charge on any atom is 0.228 e. The summed E-state index contributed by atoms with van der Waals surface area (Å²) in [5.74, 6) is -0.582. The van der Waals surface area contributed by atoms with Crippen LogP contribution < -0.4 is 5.32 Å². The first-order chi connectivity index (χ1) is 13.3. The molecule has 0 bridgehead atoms. The summed E-state index contributed by atoms with van der Waals surface area (Å²) in [6, 6.07) is 12.8. The van der Waals surface area contributed by atoms with Gasteiger partial charge in [0.15, 0.2) is 0 Å². The smallest absolute Gasteiger partial charge is 0.228 e. The van der Waals surface area contributed by atoms with Crippen LogP contribution in [-0.2, 0) is 20.6 Å². The summed E-state index contributed by atoms with van der Waals surface area (Å²) < 4.78 is 27.3. The second-order valence-electron chi connectivity index (χ2n) is 7.33. The number of sulfonamides is 1. The number of nitrogens with one attached hydrogen (secondary N) is 1. The number of carbonyl (C=O) groups is 1. The Morgan fingerprint density at radius 3 is 2.68 bits per heavy atom. The van der Waals surface area contributed by atoms with Gasteiger partial charge in [-0.1, -0.05) is 41.9 Å². The van der Waals surface area contributed by atoms with Crippen molar-refractivity contribution in [3.63, 3.8) is 0 Å². The molecule has 1 saturated heterocycles. The molecule has 1 aliphatic heterocycles. The molecule has 0 spiro atoms. The molecule has 1 aliphatic rings. The Hall–Kier alpha value is -1.89. The predicted octanol–water partition coefficient (Wildman–Crippen LogP) is 4.14. The molecule has 0 saturated carbocycles. The summed E-state index contributed by atoms with van der Waals surface area (Å²) in [5.41, 5.74) is 3.33. The quantitative estimate of drug-likeness (QED) is 0.790. The van der Waals surface area contributed by atoms with Crippen LogP contribution in [-0.4, -0.2) is 31.7 Å². The van der Waals surface area contributed by atoms with E-state index in [0.717, 1.165) is 16.7 Å². The molecule has 1 N–H and O–H groups in total. The van der Waals surface area contributed by atoms with Crippen LogP contribution in [0.4, 0.5) is 5.69 Å². The van der Waals surface area contributed by atoms with Gasteiger partial charge in [-0.05, 0) is 55.5 Å². The Morgan fingerprint density at radius 1 is 1.18 bits per heavy atom. The maximum atomic E-state index is 12.9. The zero-order valence-electron chi connectivity index (χ0n) is 16.1. The Bertz CT molecular complexity index is 975. The van der Waals surface area contributed by atoms with Crippen molar-refractivity contribution in [3.05, 3.63) is 64.2 Å².